The van der Waals surface area contributed by atoms with Gasteiger partial charge in [-0.2, -0.15) is 0 Å². The van der Waals surface area contributed by atoms with Crippen molar-refractivity contribution in [1.82, 2.24) is 0 Å². The van der Waals surface area contributed by atoms with E-state index in [0.29, 0.717) is 0 Å². The molecule has 2 atom stereocenters. The molecule has 0 spiro atoms. The van der Waals surface area contributed by atoms with Crippen molar-refractivity contribution >= 4 is 0 Å². The third kappa shape index (κ3) is 1.35. The average molecular weight is 124 g/mol. The van der Waals surface area contributed by atoms with Gasteiger partial charge in [-0.25, -0.2) is 0 Å². The second-order valence-corrected chi connectivity index (χ2v) is 3.32. The fourth-order valence-corrected chi connectivity index (χ4v) is 1.53. The normalized spacial score (nSPS) is 36.9. The molecule has 0 radical (unpaired) electrons. The zero-order valence-corrected chi connectivity index (χ0v) is 6.48. The van der Waals surface area contributed by atoms with Crippen LogP contribution < -0.4 is 0 Å². The first-order chi connectivity index (χ1) is 4.22. The summed E-state index contributed by atoms with van der Waals surface area (Å²) in [6, 6.07) is 0. The molecular weight excluding hydrogens is 108 g/mol. The van der Waals surface area contributed by atoms with Crippen molar-refractivity contribution < 1.29 is 0 Å². The molecule has 0 nitrogen and oxygen atoms in total. The highest BCUT2D eigenvalue weighted by Crippen LogP contribution is 2.32. The second-order valence-electron chi connectivity index (χ2n) is 3.32. The highest BCUT2D eigenvalue weighted by Gasteiger charge is 2.19. The number of allylic oxidation sites excluding steroid dienone is 1. The van der Waals surface area contributed by atoms with E-state index in [9.17, 15) is 0 Å². The summed E-state index contributed by atoms with van der Waals surface area (Å²) in [5.41, 5.74) is 1.47. The zero-order chi connectivity index (χ0) is 6.85. The van der Waals surface area contributed by atoms with E-state index < -0.39 is 0 Å². The summed E-state index contributed by atoms with van der Waals surface area (Å²) in [6.07, 6.45) is 4.04. The fourth-order valence-electron chi connectivity index (χ4n) is 1.53. The first-order valence-electron chi connectivity index (χ1n) is 3.89. The Morgan fingerprint density at radius 3 is 2.56 bits per heavy atom. The van der Waals surface area contributed by atoms with E-state index in [-0.39, 0.29) is 0 Å². The van der Waals surface area contributed by atoms with Crippen molar-refractivity contribution in [3.8, 4) is 0 Å². The molecule has 1 aliphatic rings. The summed E-state index contributed by atoms with van der Waals surface area (Å²) in [7, 11) is 0. The van der Waals surface area contributed by atoms with Crippen molar-refractivity contribution in [3.63, 3.8) is 0 Å². The minimum atomic E-state index is 0.777. The largest absolute Gasteiger partial charge is 0.0996 e. The summed E-state index contributed by atoms with van der Waals surface area (Å²) < 4.78 is 0. The van der Waals surface area contributed by atoms with Gasteiger partial charge in [0.05, 0.1) is 0 Å². The van der Waals surface area contributed by atoms with Crippen LogP contribution in [-0.4, -0.2) is 0 Å². The smallest absolute Gasteiger partial charge is 0.0209 e. The van der Waals surface area contributed by atoms with Crippen LogP contribution in [0.3, 0.4) is 0 Å². The third-order valence-corrected chi connectivity index (χ3v) is 2.65. The Balaban J connectivity index is 2.51. The van der Waals surface area contributed by atoms with E-state index in [2.05, 4.69) is 20.4 Å². The molecule has 9 heavy (non-hydrogen) atoms. The van der Waals surface area contributed by atoms with Crippen molar-refractivity contribution in [2.75, 3.05) is 0 Å². The molecule has 0 heteroatoms. The number of hydrogen-bond acceptors (Lipinski definition) is 0. The fraction of sp³-hybridized carbons (Fsp3) is 0.778. The molecule has 0 saturated heterocycles. The van der Waals surface area contributed by atoms with Crippen LogP contribution >= 0.6 is 0 Å². The molecule has 0 heterocycles. The van der Waals surface area contributed by atoms with Gasteiger partial charge >= 0.3 is 0 Å². The first-order valence-corrected chi connectivity index (χ1v) is 3.89. The molecule has 1 rings (SSSR count). The predicted molar refractivity (Wildman–Crippen MR) is 41.3 cm³/mol. The molecule has 0 aromatic rings. The number of rotatable bonds is 0. The molecule has 0 aromatic carbocycles. The maximum atomic E-state index is 4.05. The molecule has 0 bridgehead atoms. The average Bonchev–Trinajstić information content (AvgIpc) is 1.83. The highest BCUT2D eigenvalue weighted by atomic mass is 14.2. The minimum Gasteiger partial charge on any atom is -0.0996 e. The van der Waals surface area contributed by atoms with Crippen molar-refractivity contribution in [1.29, 1.82) is 0 Å². The maximum Gasteiger partial charge on any atom is -0.0209 e. The molecule has 1 fully saturated rings. The molecule has 1 saturated carbocycles. The van der Waals surface area contributed by atoms with Gasteiger partial charge in [0.15, 0.2) is 0 Å². The Kier molecular flexibility index (Phi) is 1.94. The SMILES string of the molecule is C=C1CCC[C@H](C)[C@H]1C. The van der Waals surface area contributed by atoms with E-state index >= 15 is 0 Å². The van der Waals surface area contributed by atoms with E-state index in [1.54, 1.807) is 0 Å². The summed E-state index contributed by atoms with van der Waals surface area (Å²) in [5.74, 6) is 1.66. The Hall–Kier alpha value is -0.260. The van der Waals surface area contributed by atoms with Crippen LogP contribution in [-0.2, 0) is 0 Å². The first kappa shape index (κ1) is 6.85. The van der Waals surface area contributed by atoms with Gasteiger partial charge in [-0.05, 0) is 31.1 Å². The Bertz CT molecular complexity index is 113. The number of hydrogen-bond donors (Lipinski definition) is 0. The van der Waals surface area contributed by atoms with Crippen molar-refractivity contribution in [2.24, 2.45) is 11.8 Å². The zero-order valence-electron chi connectivity index (χ0n) is 6.48. The summed E-state index contributed by atoms with van der Waals surface area (Å²) in [4.78, 5) is 0. The minimum absolute atomic E-state index is 0.777. The molecule has 52 valence electrons. The van der Waals surface area contributed by atoms with Crippen LogP contribution in [0.25, 0.3) is 0 Å². The molecule has 0 unspecified atom stereocenters. The van der Waals surface area contributed by atoms with Crippen LogP contribution in [0.5, 0.6) is 0 Å². The standard InChI is InChI=1S/C9H16/c1-7-5-4-6-8(2)9(7)3/h8-9H,1,4-6H2,2-3H3/t8-,9-/m0/s1. The quantitative estimate of drug-likeness (QED) is 0.435. The van der Waals surface area contributed by atoms with Gasteiger partial charge in [-0.3, -0.25) is 0 Å². The van der Waals surface area contributed by atoms with E-state index in [1.807, 2.05) is 0 Å². The molecule has 0 N–H and O–H groups in total. The third-order valence-electron chi connectivity index (χ3n) is 2.65. The molecule has 0 amide bonds. The topological polar surface area (TPSA) is 0 Å². The van der Waals surface area contributed by atoms with Gasteiger partial charge in [0, 0.05) is 0 Å². The van der Waals surface area contributed by atoms with E-state index in [1.165, 1.54) is 24.8 Å². The molecule has 0 aromatic heterocycles. The molecular formula is C9H16. The van der Waals surface area contributed by atoms with Crippen LogP contribution in [0, 0.1) is 11.8 Å². The van der Waals surface area contributed by atoms with Gasteiger partial charge in [0.1, 0.15) is 0 Å². The summed E-state index contributed by atoms with van der Waals surface area (Å²) >= 11 is 0. The van der Waals surface area contributed by atoms with Crippen LogP contribution in [0.2, 0.25) is 0 Å². The summed E-state index contributed by atoms with van der Waals surface area (Å²) in [5, 5.41) is 0. The lowest BCUT2D eigenvalue weighted by Gasteiger charge is -2.27. The highest BCUT2D eigenvalue weighted by molar-refractivity contribution is 5.03. The summed E-state index contributed by atoms with van der Waals surface area (Å²) in [6.45, 7) is 8.67. The van der Waals surface area contributed by atoms with Gasteiger partial charge < -0.3 is 0 Å². The van der Waals surface area contributed by atoms with Gasteiger partial charge in [0.25, 0.3) is 0 Å². The Labute approximate surface area is 58.0 Å². The Morgan fingerprint density at radius 1 is 1.44 bits per heavy atom. The van der Waals surface area contributed by atoms with E-state index in [4.69, 9.17) is 0 Å². The van der Waals surface area contributed by atoms with Crippen LogP contribution in [0.15, 0.2) is 12.2 Å². The molecule has 0 aliphatic heterocycles. The molecule has 1 aliphatic carbocycles. The lowest BCUT2D eigenvalue weighted by atomic mass is 9.79. The predicted octanol–water partition coefficient (Wildman–Crippen LogP) is 3.00. The van der Waals surface area contributed by atoms with Crippen molar-refractivity contribution in [2.45, 2.75) is 33.1 Å². The van der Waals surface area contributed by atoms with Gasteiger partial charge in [-0.15, -0.1) is 0 Å². The Morgan fingerprint density at radius 2 is 2.11 bits per heavy atom. The maximum absolute atomic E-state index is 4.05. The van der Waals surface area contributed by atoms with Crippen LogP contribution in [0.1, 0.15) is 33.1 Å². The lowest BCUT2D eigenvalue weighted by Crippen LogP contribution is -2.15. The second kappa shape index (κ2) is 2.55. The van der Waals surface area contributed by atoms with Crippen LogP contribution in [0.4, 0.5) is 0 Å². The lowest BCUT2D eigenvalue weighted by molar-refractivity contribution is 0.351. The van der Waals surface area contributed by atoms with Crippen molar-refractivity contribution in [3.05, 3.63) is 12.2 Å². The monoisotopic (exact) mass is 124 g/mol. The van der Waals surface area contributed by atoms with Gasteiger partial charge in [0.2, 0.25) is 0 Å². The van der Waals surface area contributed by atoms with Gasteiger partial charge in [-0.1, -0.05) is 26.0 Å². The van der Waals surface area contributed by atoms with E-state index in [0.717, 1.165) is 11.8 Å².